The average Bonchev–Trinajstić information content (AvgIpc) is 3.04. The Kier molecular flexibility index (Phi) is 3.60. The maximum atomic E-state index is 5.40. The van der Waals surface area contributed by atoms with E-state index in [2.05, 4.69) is 76.5 Å². The molecule has 1 N–H and O–H groups in total. The van der Waals surface area contributed by atoms with Crippen molar-refractivity contribution >= 4 is 28.3 Å². The number of nitrogens with one attached hydrogen (secondary N) is 1. The third-order valence-electron chi connectivity index (χ3n) is 4.78. The zero-order valence-electron chi connectivity index (χ0n) is 12.4. The van der Waals surface area contributed by atoms with E-state index < -0.39 is 0 Å². The molecule has 2 aromatic carbocycles. The van der Waals surface area contributed by atoms with Gasteiger partial charge in [-0.05, 0) is 76.4 Å². The molecule has 0 fully saturated rings. The fraction of sp³-hybridized carbons (Fsp3) is 0.263. The first-order valence-electron chi connectivity index (χ1n) is 7.63. The maximum absolute atomic E-state index is 5.40. The van der Waals surface area contributed by atoms with E-state index in [0.717, 1.165) is 12.2 Å². The molecule has 2 nitrogen and oxygen atoms in total. The van der Waals surface area contributed by atoms with Crippen LogP contribution < -0.4 is 10.1 Å². The Morgan fingerprint density at radius 1 is 1.18 bits per heavy atom. The summed E-state index contributed by atoms with van der Waals surface area (Å²) in [5, 5.41) is 3.76. The summed E-state index contributed by atoms with van der Waals surface area (Å²) in [7, 11) is 1.73. The second-order valence-corrected chi connectivity index (χ2v) is 7.23. The van der Waals surface area contributed by atoms with Crippen LogP contribution in [0.5, 0.6) is 5.75 Å². The molecule has 3 heteroatoms. The van der Waals surface area contributed by atoms with E-state index in [0.29, 0.717) is 17.9 Å². The minimum absolute atomic E-state index is 0.336. The number of hydrogen-bond acceptors (Lipinski definition) is 2. The van der Waals surface area contributed by atoms with Gasteiger partial charge in [0.05, 0.1) is 13.2 Å². The van der Waals surface area contributed by atoms with Gasteiger partial charge in [-0.15, -0.1) is 0 Å². The van der Waals surface area contributed by atoms with Crippen molar-refractivity contribution in [3.63, 3.8) is 0 Å². The van der Waals surface area contributed by atoms with Gasteiger partial charge in [-0.1, -0.05) is 24.3 Å². The molecular weight excluding hydrogens is 385 g/mol. The predicted octanol–water partition coefficient (Wildman–Crippen LogP) is 5.13. The van der Waals surface area contributed by atoms with Crippen molar-refractivity contribution in [2.24, 2.45) is 5.92 Å². The number of rotatable bonds is 2. The van der Waals surface area contributed by atoms with E-state index in [1.54, 1.807) is 7.11 Å². The van der Waals surface area contributed by atoms with Gasteiger partial charge in [0.1, 0.15) is 5.75 Å². The van der Waals surface area contributed by atoms with Gasteiger partial charge < -0.3 is 10.1 Å². The zero-order valence-corrected chi connectivity index (χ0v) is 14.6. The zero-order chi connectivity index (χ0) is 15.1. The van der Waals surface area contributed by atoms with Crippen LogP contribution in [0.25, 0.3) is 0 Å². The summed E-state index contributed by atoms with van der Waals surface area (Å²) in [6, 6.07) is 15.5. The molecule has 2 aromatic rings. The molecule has 0 amide bonds. The third-order valence-corrected chi connectivity index (χ3v) is 5.45. The molecular formula is C19H18INO. The summed E-state index contributed by atoms with van der Waals surface area (Å²) in [6.45, 7) is 0. The first-order chi connectivity index (χ1) is 10.8. The Morgan fingerprint density at radius 3 is 2.95 bits per heavy atom. The van der Waals surface area contributed by atoms with Crippen LogP contribution in [-0.2, 0) is 0 Å². The fourth-order valence-corrected chi connectivity index (χ4v) is 4.25. The van der Waals surface area contributed by atoms with Crippen LogP contribution in [0, 0.1) is 9.49 Å². The third kappa shape index (κ3) is 2.32. The number of allylic oxidation sites excluding steroid dienone is 2. The Bertz CT molecular complexity index is 740. The highest BCUT2D eigenvalue weighted by Crippen LogP contribution is 2.50. The van der Waals surface area contributed by atoms with E-state index in [-0.39, 0.29) is 0 Å². The highest BCUT2D eigenvalue weighted by molar-refractivity contribution is 14.1. The highest BCUT2D eigenvalue weighted by atomic mass is 127. The standard InChI is InChI=1S/C19H18INO/c1-22-14-5-2-4-12(10-14)19-16-7-3-6-15(16)17-11-13(20)8-9-18(17)21-19/h2-6,8-11,15-16,19,21H,7H2,1H3/t15-,16+,19+/m1/s1. The molecule has 1 aliphatic carbocycles. The molecule has 22 heavy (non-hydrogen) atoms. The monoisotopic (exact) mass is 403 g/mol. The molecule has 0 spiro atoms. The number of methoxy groups -OCH3 is 1. The number of halogens is 1. The molecule has 112 valence electrons. The van der Waals surface area contributed by atoms with Gasteiger partial charge in [-0.25, -0.2) is 0 Å². The van der Waals surface area contributed by atoms with Crippen molar-refractivity contribution in [1.29, 1.82) is 0 Å². The second-order valence-electron chi connectivity index (χ2n) is 5.98. The Hall–Kier alpha value is -1.49. The van der Waals surface area contributed by atoms with Crippen molar-refractivity contribution in [3.8, 4) is 5.75 Å². The van der Waals surface area contributed by atoms with E-state index in [1.807, 2.05) is 6.07 Å². The van der Waals surface area contributed by atoms with Crippen molar-refractivity contribution in [3.05, 3.63) is 69.3 Å². The van der Waals surface area contributed by atoms with Crippen LogP contribution in [0.15, 0.2) is 54.6 Å². The summed E-state index contributed by atoms with van der Waals surface area (Å²) < 4.78 is 6.70. The Labute approximate surface area is 144 Å². The quantitative estimate of drug-likeness (QED) is 0.555. The Balaban J connectivity index is 1.77. The van der Waals surface area contributed by atoms with Crippen LogP contribution in [0.3, 0.4) is 0 Å². The minimum Gasteiger partial charge on any atom is -0.497 e. The summed E-state index contributed by atoms with van der Waals surface area (Å²) in [5.74, 6) is 2.02. The highest BCUT2D eigenvalue weighted by Gasteiger charge is 2.37. The molecule has 0 aromatic heterocycles. The molecule has 2 aliphatic rings. The van der Waals surface area contributed by atoms with Crippen molar-refractivity contribution in [2.45, 2.75) is 18.4 Å². The Morgan fingerprint density at radius 2 is 2.09 bits per heavy atom. The average molecular weight is 403 g/mol. The SMILES string of the molecule is COc1cccc([C@@H]2Nc3ccc(I)cc3[C@@H]3C=CC[C@@H]32)c1. The normalized spacial score (nSPS) is 25.3. The largest absolute Gasteiger partial charge is 0.497 e. The molecule has 1 heterocycles. The van der Waals surface area contributed by atoms with Crippen molar-refractivity contribution in [2.75, 3.05) is 12.4 Å². The van der Waals surface area contributed by atoms with Gasteiger partial charge >= 0.3 is 0 Å². The number of benzene rings is 2. The topological polar surface area (TPSA) is 21.3 Å². The molecule has 3 atom stereocenters. The first-order valence-corrected chi connectivity index (χ1v) is 8.71. The van der Waals surface area contributed by atoms with E-state index in [9.17, 15) is 0 Å². The second kappa shape index (κ2) is 5.61. The van der Waals surface area contributed by atoms with Crippen LogP contribution in [-0.4, -0.2) is 7.11 Å². The molecule has 0 saturated heterocycles. The van der Waals surface area contributed by atoms with Gasteiger partial charge in [0.15, 0.2) is 0 Å². The van der Waals surface area contributed by atoms with E-state index in [4.69, 9.17) is 4.74 Å². The molecule has 0 unspecified atom stereocenters. The van der Waals surface area contributed by atoms with Crippen LogP contribution in [0.4, 0.5) is 5.69 Å². The van der Waals surface area contributed by atoms with E-state index >= 15 is 0 Å². The van der Waals surface area contributed by atoms with Gasteiger partial charge in [0.2, 0.25) is 0 Å². The molecule has 0 saturated carbocycles. The lowest BCUT2D eigenvalue weighted by atomic mass is 9.77. The number of anilines is 1. The molecule has 4 rings (SSSR count). The predicted molar refractivity (Wildman–Crippen MR) is 98.5 cm³/mol. The summed E-state index contributed by atoms with van der Waals surface area (Å²) in [6.07, 6.45) is 5.84. The number of fused-ring (bicyclic) bond motifs is 3. The van der Waals surface area contributed by atoms with Crippen molar-refractivity contribution in [1.82, 2.24) is 0 Å². The van der Waals surface area contributed by atoms with Crippen LogP contribution in [0.1, 0.15) is 29.5 Å². The summed E-state index contributed by atoms with van der Waals surface area (Å²) in [4.78, 5) is 0. The molecule has 0 radical (unpaired) electrons. The minimum atomic E-state index is 0.336. The lowest BCUT2D eigenvalue weighted by Gasteiger charge is -2.37. The van der Waals surface area contributed by atoms with Crippen molar-refractivity contribution < 1.29 is 4.74 Å². The maximum Gasteiger partial charge on any atom is 0.119 e. The van der Waals surface area contributed by atoms with Crippen LogP contribution >= 0.6 is 22.6 Å². The van der Waals surface area contributed by atoms with Gasteiger partial charge in [0.25, 0.3) is 0 Å². The fourth-order valence-electron chi connectivity index (χ4n) is 3.73. The lowest BCUT2D eigenvalue weighted by molar-refractivity contribution is 0.406. The smallest absolute Gasteiger partial charge is 0.119 e. The number of hydrogen-bond donors (Lipinski definition) is 1. The lowest BCUT2D eigenvalue weighted by Crippen LogP contribution is -2.29. The van der Waals surface area contributed by atoms with E-state index in [1.165, 1.54) is 20.4 Å². The van der Waals surface area contributed by atoms with Gasteiger partial charge in [0, 0.05) is 15.2 Å². The molecule has 1 aliphatic heterocycles. The first kappa shape index (κ1) is 14.1. The van der Waals surface area contributed by atoms with Crippen LogP contribution in [0.2, 0.25) is 0 Å². The number of ether oxygens (including phenoxy) is 1. The summed E-state index contributed by atoms with van der Waals surface area (Å²) in [5.41, 5.74) is 4.01. The summed E-state index contributed by atoms with van der Waals surface area (Å²) >= 11 is 2.40. The molecule has 0 bridgehead atoms. The van der Waals surface area contributed by atoms with Gasteiger partial charge in [-0.3, -0.25) is 0 Å². The van der Waals surface area contributed by atoms with Gasteiger partial charge in [-0.2, -0.15) is 0 Å².